The van der Waals surface area contributed by atoms with Crippen molar-refractivity contribution >= 4 is 1420 Å². The minimum atomic E-state index is 0. The predicted octanol–water partition coefficient (Wildman–Crippen LogP) is -32.8. The molecule has 50 heavy (non-hydrogen) atoms. The van der Waals surface area contributed by atoms with E-state index in [4.69, 9.17) is 0 Å². The van der Waals surface area contributed by atoms with Crippen LogP contribution in [0.1, 0.15) is 0 Å². The van der Waals surface area contributed by atoms with E-state index in [1.807, 2.05) is 0 Å². The molecule has 4 N–H and O–H groups in total. The third-order valence-electron chi connectivity index (χ3n) is 0. The predicted molar refractivity (Wildman–Crippen MR) is 350 cm³/mol. The normalized spacial score (nSPS) is 0. The van der Waals surface area contributed by atoms with E-state index in [1.54, 1.807) is 0 Å². The van der Waals surface area contributed by atoms with Gasteiger partial charge in [-0.2, -0.15) is 0 Å². The van der Waals surface area contributed by atoms with Gasteiger partial charge in [0.2, 0.25) is 0 Å². The quantitative estimate of drug-likeness (QED) is 0.217. The Balaban J connectivity index is 0. The van der Waals surface area contributed by atoms with Crippen molar-refractivity contribution in [3.63, 3.8) is 0 Å². The molecular weight excluding hydrogens is 1140 g/mol. The SMILES string of the molecule is O.O.[NaH].[NaH].[NaH].[NaH].[NaH].[NaH].[NaH].[NaH].[NaH].[NaH].[NaH].[NaH].[NaH].[NaH].[NaH].[NaH].[NaH].[NaH].[NaH].[NaH].[NaH].[NaH].[NaH].[NaH].[NaH].[NaH].[NaH].[NaH].[NaH].[NaH].[NaH].[NaH].[NaH].[NaH].[NaH].[NaH].[NaH].[NaH].[NaH].[NaH].[NaH].[NaH].[NaH].[NaH].[NaH].[NaH].[NaH].[NaH]. The van der Waals surface area contributed by atoms with E-state index in [2.05, 4.69) is 0 Å². The van der Waals surface area contributed by atoms with Crippen molar-refractivity contribution in [2.45, 2.75) is 0 Å². The van der Waals surface area contributed by atoms with Gasteiger partial charge in [-0.25, -0.2) is 0 Å². The van der Waals surface area contributed by atoms with Crippen molar-refractivity contribution in [2.24, 2.45) is 0 Å². The maximum atomic E-state index is 0. The molecule has 112 valence electrons. The van der Waals surface area contributed by atoms with Gasteiger partial charge in [0.15, 0.2) is 0 Å². The first kappa shape index (κ1) is 401. The Morgan fingerprint density at radius 2 is 0.0400 bits per heavy atom. The number of hydrogen-bond donors (Lipinski definition) is 0. The number of rotatable bonds is 0. The summed E-state index contributed by atoms with van der Waals surface area (Å²) in [6.07, 6.45) is 0. The molecule has 0 bridgehead atoms. The van der Waals surface area contributed by atoms with Crippen LogP contribution in [0, 0.1) is 0 Å². The molecule has 0 unspecified atom stereocenters. The Kier molecular flexibility index (Phi) is 3110. The summed E-state index contributed by atoms with van der Waals surface area (Å²) in [7, 11) is 0. The molecule has 0 aromatic heterocycles. The van der Waals surface area contributed by atoms with Crippen LogP contribution < -0.4 is 0 Å². The van der Waals surface area contributed by atoms with E-state index >= 15 is 0 Å². The summed E-state index contributed by atoms with van der Waals surface area (Å²) in [5, 5.41) is 0. The zero-order valence-electron chi connectivity index (χ0n) is 1.00. The zero-order valence-corrected chi connectivity index (χ0v) is 1.00. The Morgan fingerprint density at radius 3 is 0.0400 bits per heavy atom. The standard InChI is InChI=1S/48Na.2H2O.48H/h;;;;;;;;;;;;;;;;;;;;;;;;;;;;;;;;;;;;;;;;;;;;;;;;2*1H2;;;;;;;;;;;;;;;;;;;;;;;;;;;;;;;;;;;;;;;;;;;;;;;;. The third-order valence-corrected chi connectivity index (χ3v) is 0. The number of hydrogen-bond acceptors (Lipinski definition) is 0. The Labute approximate surface area is 1380 Å². The molecule has 0 heterocycles. The maximum absolute atomic E-state index is 0. The van der Waals surface area contributed by atoms with E-state index in [9.17, 15) is 0 Å². The first-order valence-corrected chi connectivity index (χ1v) is 0. The van der Waals surface area contributed by atoms with Crippen molar-refractivity contribution in [3.8, 4) is 0 Å². The van der Waals surface area contributed by atoms with Gasteiger partial charge in [-0.1, -0.05) is 0 Å². The summed E-state index contributed by atoms with van der Waals surface area (Å²) in [5.41, 5.74) is 0. The molecule has 0 aliphatic heterocycles. The molecule has 0 aliphatic rings. The molecule has 0 fully saturated rings. The van der Waals surface area contributed by atoms with Crippen molar-refractivity contribution in [1.82, 2.24) is 0 Å². The van der Waals surface area contributed by atoms with Crippen molar-refractivity contribution in [2.75, 3.05) is 0 Å². The fourth-order valence-corrected chi connectivity index (χ4v) is 0. The van der Waals surface area contributed by atoms with Crippen LogP contribution in [0.15, 0.2) is 0 Å². The van der Waals surface area contributed by atoms with Crippen LogP contribution in [0.4, 0.5) is 0 Å². The van der Waals surface area contributed by atoms with Gasteiger partial charge in [0, 0.05) is 0 Å². The minimum absolute atomic E-state index is 0. The summed E-state index contributed by atoms with van der Waals surface area (Å²) in [4.78, 5) is 0. The van der Waals surface area contributed by atoms with E-state index in [-0.39, 0.29) is 1430 Å². The van der Waals surface area contributed by atoms with E-state index in [0.29, 0.717) is 0 Å². The molecule has 0 aromatic carbocycles. The molecule has 0 amide bonds. The van der Waals surface area contributed by atoms with Gasteiger partial charge in [-0.3, -0.25) is 0 Å². The van der Waals surface area contributed by atoms with Gasteiger partial charge in [-0.05, 0) is 0 Å². The van der Waals surface area contributed by atoms with Crippen molar-refractivity contribution in [1.29, 1.82) is 0 Å². The summed E-state index contributed by atoms with van der Waals surface area (Å²) in [6, 6.07) is 0. The average molecular weight is 1190 g/mol. The third kappa shape index (κ3) is 376. The van der Waals surface area contributed by atoms with Gasteiger partial charge in [0.1, 0.15) is 0 Å². The topological polar surface area (TPSA) is 63.0 Å². The van der Waals surface area contributed by atoms with Crippen LogP contribution >= 0.6 is 0 Å². The first-order valence-electron chi connectivity index (χ1n) is 0. The van der Waals surface area contributed by atoms with Crippen LogP contribution in [-0.2, 0) is 0 Å². The molecule has 50 heteroatoms. The molecule has 0 saturated heterocycles. The molecule has 2 nitrogen and oxygen atoms in total. The Hall–Kier alpha value is 47.9. The fourth-order valence-electron chi connectivity index (χ4n) is 0. The van der Waals surface area contributed by atoms with Crippen LogP contribution in [0.3, 0.4) is 0 Å². The van der Waals surface area contributed by atoms with Gasteiger partial charge >= 0.3 is 1420 Å². The van der Waals surface area contributed by atoms with Crippen LogP contribution in [0.2, 0.25) is 0 Å². The molecule has 0 rings (SSSR count). The first-order chi connectivity index (χ1) is 0. The second kappa shape index (κ2) is 388. The molecule has 0 aromatic rings. The van der Waals surface area contributed by atoms with E-state index in [1.165, 1.54) is 0 Å². The van der Waals surface area contributed by atoms with E-state index in [0.717, 1.165) is 0 Å². The van der Waals surface area contributed by atoms with Crippen molar-refractivity contribution < 1.29 is 11.0 Å². The molecule has 0 saturated carbocycles. The summed E-state index contributed by atoms with van der Waals surface area (Å²) < 4.78 is 0. The van der Waals surface area contributed by atoms with Crippen LogP contribution in [-0.4, -0.2) is 1430 Å². The monoisotopic (exact) mass is 1190 g/mol. The summed E-state index contributed by atoms with van der Waals surface area (Å²) in [6.45, 7) is 0. The zero-order chi connectivity index (χ0) is 0. The van der Waals surface area contributed by atoms with Crippen LogP contribution in [0.25, 0.3) is 0 Å². The Bertz CT molecular complexity index is 12.1. The molecule has 0 atom stereocenters. The summed E-state index contributed by atoms with van der Waals surface area (Å²) in [5.74, 6) is 0. The Morgan fingerprint density at radius 1 is 0.0400 bits per heavy atom. The van der Waals surface area contributed by atoms with E-state index < -0.39 is 0 Å². The average Bonchev–Trinajstić information content (AvgIpc) is 0. The van der Waals surface area contributed by atoms with Gasteiger partial charge < -0.3 is 11.0 Å². The fraction of sp³-hybridized carbons (Fsp3) is 0. The second-order valence-electron chi connectivity index (χ2n) is 0. The van der Waals surface area contributed by atoms with Gasteiger partial charge in [0.25, 0.3) is 0 Å². The molecule has 0 aliphatic carbocycles. The van der Waals surface area contributed by atoms with Gasteiger partial charge in [0.05, 0.1) is 0 Å². The van der Waals surface area contributed by atoms with Crippen molar-refractivity contribution in [3.05, 3.63) is 0 Å². The van der Waals surface area contributed by atoms with Crippen LogP contribution in [0.5, 0.6) is 0 Å². The molecule has 0 radical (unpaired) electrons. The summed E-state index contributed by atoms with van der Waals surface area (Å²) >= 11 is 0. The van der Waals surface area contributed by atoms with Gasteiger partial charge in [-0.15, -0.1) is 0 Å². The second-order valence-corrected chi connectivity index (χ2v) is 0. The molecule has 0 spiro atoms. The molecular formula is H52Na48O2.